The lowest BCUT2D eigenvalue weighted by molar-refractivity contribution is -0.144. The predicted octanol–water partition coefficient (Wildman–Crippen LogP) is 2.09. The molecule has 9 heteroatoms. The third kappa shape index (κ3) is 5.50. The maximum atomic E-state index is 13.2. The summed E-state index contributed by atoms with van der Waals surface area (Å²) in [5.41, 5.74) is 1.64. The minimum absolute atomic E-state index is 0.112. The van der Waals surface area contributed by atoms with Crippen LogP contribution in [-0.2, 0) is 19.1 Å². The Labute approximate surface area is 181 Å². The van der Waals surface area contributed by atoms with Crippen molar-refractivity contribution >= 4 is 17.5 Å². The molecule has 1 aliphatic rings. The van der Waals surface area contributed by atoms with E-state index >= 15 is 0 Å². The summed E-state index contributed by atoms with van der Waals surface area (Å²) < 4.78 is 20.8. The first-order valence-corrected chi connectivity index (χ1v) is 9.90. The Hall–Kier alpha value is -3.17. The number of hydrogen-bond donors (Lipinski definition) is 0. The van der Waals surface area contributed by atoms with Crippen molar-refractivity contribution in [3.8, 4) is 5.75 Å². The van der Waals surface area contributed by atoms with Crippen LogP contribution in [0.5, 0.6) is 5.75 Å². The average Bonchev–Trinajstić information content (AvgIpc) is 3.46. The number of methoxy groups -OCH3 is 3. The van der Waals surface area contributed by atoms with Gasteiger partial charge in [0.05, 0.1) is 25.7 Å². The lowest BCUT2D eigenvalue weighted by atomic mass is 10.0. The molecule has 3 rings (SSSR count). The SMILES string of the molecule is COCCN(CC(=O)N1N=C(c2ccc(OC)cc2)C[C@H]1c1ccco1)C(=O)COC. The van der Waals surface area contributed by atoms with Gasteiger partial charge >= 0.3 is 0 Å². The summed E-state index contributed by atoms with van der Waals surface area (Å²) >= 11 is 0. The van der Waals surface area contributed by atoms with Crippen molar-refractivity contribution in [3.05, 3.63) is 54.0 Å². The van der Waals surface area contributed by atoms with Crippen molar-refractivity contribution in [1.29, 1.82) is 0 Å². The van der Waals surface area contributed by atoms with E-state index in [-0.39, 0.29) is 37.6 Å². The highest BCUT2D eigenvalue weighted by Gasteiger charge is 2.35. The first-order valence-electron chi connectivity index (χ1n) is 9.90. The Kier molecular flexibility index (Phi) is 7.80. The number of carbonyl (C=O) groups excluding carboxylic acids is 2. The topological polar surface area (TPSA) is 93.8 Å². The van der Waals surface area contributed by atoms with Gasteiger partial charge in [-0.3, -0.25) is 9.59 Å². The van der Waals surface area contributed by atoms with Gasteiger partial charge in [0.15, 0.2) is 0 Å². The molecule has 166 valence electrons. The molecule has 2 heterocycles. The molecule has 0 aliphatic carbocycles. The van der Waals surface area contributed by atoms with Crippen molar-refractivity contribution in [2.45, 2.75) is 12.5 Å². The molecule has 1 aromatic heterocycles. The Bertz CT molecular complexity index is 894. The number of carbonyl (C=O) groups is 2. The molecule has 0 N–H and O–H groups in total. The van der Waals surface area contributed by atoms with E-state index in [1.54, 1.807) is 26.5 Å². The van der Waals surface area contributed by atoms with Crippen molar-refractivity contribution in [1.82, 2.24) is 9.91 Å². The second-order valence-corrected chi connectivity index (χ2v) is 6.99. The van der Waals surface area contributed by atoms with E-state index in [2.05, 4.69) is 5.10 Å². The number of hydrazone groups is 1. The predicted molar refractivity (Wildman–Crippen MR) is 113 cm³/mol. The highest BCUT2D eigenvalue weighted by atomic mass is 16.5. The lowest BCUT2D eigenvalue weighted by Crippen LogP contribution is -2.44. The van der Waals surface area contributed by atoms with Gasteiger partial charge in [0.1, 0.15) is 30.7 Å². The molecule has 0 saturated carbocycles. The van der Waals surface area contributed by atoms with Crippen LogP contribution in [-0.4, -0.2) is 75.1 Å². The fourth-order valence-electron chi connectivity index (χ4n) is 3.34. The Balaban J connectivity index is 1.83. The molecule has 0 fully saturated rings. The fraction of sp³-hybridized carbons (Fsp3) is 0.409. The first-order chi connectivity index (χ1) is 15.1. The van der Waals surface area contributed by atoms with E-state index < -0.39 is 0 Å². The van der Waals surface area contributed by atoms with E-state index in [1.165, 1.54) is 17.0 Å². The standard InChI is InChI=1S/C22H27N3O6/c1-28-12-10-24(22(27)15-29-2)14-21(26)25-19(20-5-4-11-31-20)13-18(23-25)16-6-8-17(30-3)9-7-16/h4-9,11,19H,10,12-15H2,1-3H3/t19-/m0/s1. The minimum atomic E-state index is -0.388. The first kappa shape index (κ1) is 22.5. The molecule has 0 radical (unpaired) electrons. The van der Waals surface area contributed by atoms with Crippen LogP contribution in [0.15, 0.2) is 52.2 Å². The number of nitrogens with zero attached hydrogens (tertiary/aromatic N) is 3. The smallest absolute Gasteiger partial charge is 0.262 e. The summed E-state index contributed by atoms with van der Waals surface area (Å²) in [5.74, 6) is 0.766. The molecule has 31 heavy (non-hydrogen) atoms. The molecular weight excluding hydrogens is 402 g/mol. The van der Waals surface area contributed by atoms with E-state index in [0.29, 0.717) is 18.8 Å². The second kappa shape index (κ2) is 10.7. The number of furan rings is 1. The maximum absolute atomic E-state index is 13.2. The van der Waals surface area contributed by atoms with E-state index in [1.807, 2.05) is 30.3 Å². The van der Waals surface area contributed by atoms with Crippen LogP contribution in [0.3, 0.4) is 0 Å². The summed E-state index contributed by atoms with van der Waals surface area (Å²) in [5, 5.41) is 5.99. The van der Waals surface area contributed by atoms with Gasteiger partial charge in [-0.1, -0.05) is 0 Å². The molecule has 1 aromatic carbocycles. The van der Waals surface area contributed by atoms with Gasteiger partial charge in [-0.15, -0.1) is 0 Å². The summed E-state index contributed by atoms with van der Waals surface area (Å²) in [6.07, 6.45) is 2.06. The fourth-order valence-corrected chi connectivity index (χ4v) is 3.34. The number of benzene rings is 1. The molecule has 0 spiro atoms. The van der Waals surface area contributed by atoms with Crippen LogP contribution in [0.1, 0.15) is 23.8 Å². The minimum Gasteiger partial charge on any atom is -0.497 e. The highest BCUT2D eigenvalue weighted by molar-refractivity contribution is 6.03. The van der Waals surface area contributed by atoms with E-state index in [4.69, 9.17) is 18.6 Å². The van der Waals surface area contributed by atoms with Gasteiger partial charge in [-0.05, 0) is 42.0 Å². The van der Waals surface area contributed by atoms with Crippen molar-refractivity contribution in [3.63, 3.8) is 0 Å². The molecule has 0 bridgehead atoms. The number of amides is 2. The zero-order chi connectivity index (χ0) is 22.2. The van der Waals surface area contributed by atoms with Gasteiger partial charge < -0.3 is 23.5 Å². The van der Waals surface area contributed by atoms with Crippen LogP contribution in [0.2, 0.25) is 0 Å². The maximum Gasteiger partial charge on any atom is 0.262 e. The molecule has 0 unspecified atom stereocenters. The van der Waals surface area contributed by atoms with Crippen LogP contribution in [0.25, 0.3) is 0 Å². The van der Waals surface area contributed by atoms with Crippen LogP contribution in [0.4, 0.5) is 0 Å². The van der Waals surface area contributed by atoms with Gasteiger partial charge in [0, 0.05) is 27.2 Å². The largest absolute Gasteiger partial charge is 0.497 e. The third-order valence-electron chi connectivity index (χ3n) is 4.97. The van der Waals surface area contributed by atoms with E-state index in [9.17, 15) is 9.59 Å². The Morgan fingerprint density at radius 3 is 2.55 bits per heavy atom. The number of rotatable bonds is 10. The van der Waals surface area contributed by atoms with Crippen LogP contribution >= 0.6 is 0 Å². The molecular formula is C22H27N3O6. The molecule has 2 aromatic rings. The molecule has 0 saturated heterocycles. The number of ether oxygens (including phenoxy) is 3. The van der Waals surface area contributed by atoms with Gasteiger partial charge in [0.25, 0.3) is 5.91 Å². The average molecular weight is 429 g/mol. The zero-order valence-electron chi connectivity index (χ0n) is 17.9. The van der Waals surface area contributed by atoms with Gasteiger partial charge in [-0.2, -0.15) is 5.10 Å². The monoisotopic (exact) mass is 429 g/mol. The Morgan fingerprint density at radius 2 is 1.94 bits per heavy atom. The quantitative estimate of drug-likeness (QED) is 0.574. The normalized spacial score (nSPS) is 15.6. The van der Waals surface area contributed by atoms with Crippen LogP contribution in [0, 0.1) is 0 Å². The van der Waals surface area contributed by atoms with Gasteiger partial charge in [-0.25, -0.2) is 5.01 Å². The van der Waals surface area contributed by atoms with E-state index in [0.717, 1.165) is 17.0 Å². The third-order valence-corrected chi connectivity index (χ3v) is 4.97. The summed E-state index contributed by atoms with van der Waals surface area (Å²) in [7, 11) is 4.59. The zero-order valence-corrected chi connectivity index (χ0v) is 17.9. The number of hydrogen-bond acceptors (Lipinski definition) is 7. The Morgan fingerprint density at radius 1 is 1.16 bits per heavy atom. The molecule has 1 aliphatic heterocycles. The van der Waals surface area contributed by atoms with Crippen molar-refractivity contribution in [2.75, 3.05) is 47.6 Å². The molecule has 1 atom stereocenters. The van der Waals surface area contributed by atoms with Crippen LogP contribution < -0.4 is 4.74 Å². The summed E-state index contributed by atoms with van der Waals surface area (Å²) in [4.78, 5) is 27.0. The lowest BCUT2D eigenvalue weighted by Gasteiger charge is -2.25. The second-order valence-electron chi connectivity index (χ2n) is 6.99. The molecule has 9 nitrogen and oxygen atoms in total. The summed E-state index contributed by atoms with van der Waals surface area (Å²) in [6.45, 7) is 0.338. The highest BCUT2D eigenvalue weighted by Crippen LogP contribution is 2.33. The molecule has 2 amide bonds. The summed E-state index contributed by atoms with van der Waals surface area (Å²) in [6, 6.07) is 10.7. The van der Waals surface area contributed by atoms with Crippen molar-refractivity contribution in [2.24, 2.45) is 5.10 Å². The van der Waals surface area contributed by atoms with Crippen molar-refractivity contribution < 1.29 is 28.2 Å². The van der Waals surface area contributed by atoms with Gasteiger partial charge in [0.2, 0.25) is 5.91 Å².